The van der Waals surface area contributed by atoms with Crippen molar-refractivity contribution in [3.8, 4) is 0 Å². The van der Waals surface area contributed by atoms with Gasteiger partial charge in [0.2, 0.25) is 10.0 Å². The van der Waals surface area contributed by atoms with Crippen LogP contribution in [-0.4, -0.2) is 64.6 Å². The largest absolute Gasteiger partial charge is 0.314 e. The lowest BCUT2D eigenvalue weighted by Gasteiger charge is -2.31. The average molecular weight is 324 g/mol. The van der Waals surface area contributed by atoms with Crippen molar-refractivity contribution in [2.45, 2.75) is 31.7 Å². The SMILES string of the molecule is CS(=O)(=O)CCS(=O)(=O)N1CCC(NCC2CC2)CC1. The molecule has 0 aromatic heterocycles. The number of rotatable bonds is 7. The molecule has 1 heterocycles. The second-order valence-corrected chi connectivity index (χ2v) is 10.3. The van der Waals surface area contributed by atoms with Crippen molar-refractivity contribution < 1.29 is 16.8 Å². The minimum atomic E-state index is -3.43. The molecule has 0 aromatic carbocycles. The molecule has 0 atom stereocenters. The number of hydrogen-bond acceptors (Lipinski definition) is 5. The predicted octanol–water partition coefficient (Wildman–Crippen LogP) is -0.175. The molecule has 1 saturated heterocycles. The first kappa shape index (κ1) is 16.2. The first-order chi connectivity index (χ1) is 9.26. The molecule has 0 bridgehead atoms. The molecule has 0 amide bonds. The first-order valence-electron chi connectivity index (χ1n) is 7.15. The quantitative estimate of drug-likeness (QED) is 0.703. The van der Waals surface area contributed by atoms with Crippen molar-refractivity contribution in [1.29, 1.82) is 0 Å². The van der Waals surface area contributed by atoms with E-state index in [1.165, 1.54) is 17.1 Å². The van der Waals surface area contributed by atoms with Gasteiger partial charge >= 0.3 is 0 Å². The lowest BCUT2D eigenvalue weighted by Crippen LogP contribution is -2.46. The van der Waals surface area contributed by atoms with Gasteiger partial charge in [-0.25, -0.2) is 21.1 Å². The fraction of sp³-hybridized carbons (Fsp3) is 1.00. The van der Waals surface area contributed by atoms with E-state index < -0.39 is 19.9 Å². The second-order valence-electron chi connectivity index (χ2n) is 5.97. The number of piperidine rings is 1. The van der Waals surface area contributed by atoms with Gasteiger partial charge in [0.05, 0.1) is 11.5 Å². The summed E-state index contributed by atoms with van der Waals surface area (Å²) in [4.78, 5) is 0. The van der Waals surface area contributed by atoms with E-state index in [0.29, 0.717) is 19.1 Å². The molecular weight excluding hydrogens is 300 g/mol. The van der Waals surface area contributed by atoms with Crippen molar-refractivity contribution >= 4 is 19.9 Å². The van der Waals surface area contributed by atoms with E-state index in [9.17, 15) is 16.8 Å². The molecule has 0 spiro atoms. The lowest BCUT2D eigenvalue weighted by molar-refractivity contribution is 0.288. The van der Waals surface area contributed by atoms with Gasteiger partial charge in [-0.05, 0) is 38.1 Å². The molecule has 1 N–H and O–H groups in total. The molecule has 2 rings (SSSR count). The number of hydrogen-bond donors (Lipinski definition) is 1. The number of sulfone groups is 1. The summed E-state index contributed by atoms with van der Waals surface area (Å²) in [6.45, 7) is 2.04. The van der Waals surface area contributed by atoms with Crippen molar-refractivity contribution in [3.05, 3.63) is 0 Å². The topological polar surface area (TPSA) is 83.5 Å². The van der Waals surface area contributed by atoms with Gasteiger partial charge in [-0.2, -0.15) is 0 Å². The third-order valence-electron chi connectivity index (χ3n) is 3.95. The molecule has 20 heavy (non-hydrogen) atoms. The van der Waals surface area contributed by atoms with E-state index in [4.69, 9.17) is 0 Å². The Kier molecular flexibility index (Phi) is 5.09. The molecular formula is C12H24N2O4S2. The summed E-state index contributed by atoms with van der Waals surface area (Å²) < 4.78 is 47.7. The highest BCUT2D eigenvalue weighted by molar-refractivity contribution is 7.93. The van der Waals surface area contributed by atoms with E-state index in [1.807, 2.05) is 0 Å². The molecule has 1 aliphatic heterocycles. The summed E-state index contributed by atoms with van der Waals surface area (Å²) in [5.74, 6) is 0.229. The molecule has 0 aromatic rings. The van der Waals surface area contributed by atoms with E-state index in [1.54, 1.807) is 0 Å². The lowest BCUT2D eigenvalue weighted by atomic mass is 10.1. The minimum absolute atomic E-state index is 0.296. The third-order valence-corrected chi connectivity index (χ3v) is 7.03. The Morgan fingerprint density at radius 1 is 1.00 bits per heavy atom. The smallest absolute Gasteiger partial charge is 0.215 e. The van der Waals surface area contributed by atoms with Gasteiger partial charge in [0, 0.05) is 25.4 Å². The monoisotopic (exact) mass is 324 g/mol. The Labute approximate surface area is 121 Å². The molecule has 2 fully saturated rings. The number of nitrogens with zero attached hydrogens (tertiary/aromatic N) is 1. The zero-order chi connectivity index (χ0) is 14.8. The van der Waals surface area contributed by atoms with Crippen molar-refractivity contribution in [2.75, 3.05) is 37.4 Å². The zero-order valence-corrected chi connectivity index (χ0v) is 13.5. The fourth-order valence-corrected chi connectivity index (χ4v) is 5.46. The molecule has 6 nitrogen and oxygen atoms in total. The Balaban J connectivity index is 1.76. The van der Waals surface area contributed by atoms with Crippen LogP contribution in [0.2, 0.25) is 0 Å². The summed E-state index contributed by atoms with van der Waals surface area (Å²) in [5.41, 5.74) is 0. The molecule has 118 valence electrons. The van der Waals surface area contributed by atoms with Crippen LogP contribution in [-0.2, 0) is 19.9 Å². The summed E-state index contributed by atoms with van der Waals surface area (Å²) in [6.07, 6.45) is 5.31. The van der Waals surface area contributed by atoms with Crippen LogP contribution in [0.25, 0.3) is 0 Å². The van der Waals surface area contributed by atoms with Gasteiger partial charge in [0.25, 0.3) is 0 Å². The minimum Gasteiger partial charge on any atom is -0.314 e. The van der Waals surface area contributed by atoms with Crippen LogP contribution in [0, 0.1) is 5.92 Å². The highest BCUT2D eigenvalue weighted by Gasteiger charge is 2.29. The van der Waals surface area contributed by atoms with Crippen LogP contribution in [0.1, 0.15) is 25.7 Å². The Bertz CT molecular complexity index is 518. The van der Waals surface area contributed by atoms with Crippen LogP contribution >= 0.6 is 0 Å². The maximum absolute atomic E-state index is 12.1. The van der Waals surface area contributed by atoms with Crippen molar-refractivity contribution in [1.82, 2.24) is 9.62 Å². The van der Waals surface area contributed by atoms with Gasteiger partial charge in [-0.15, -0.1) is 0 Å². The maximum atomic E-state index is 12.1. The maximum Gasteiger partial charge on any atom is 0.215 e. The zero-order valence-electron chi connectivity index (χ0n) is 11.9. The highest BCUT2D eigenvalue weighted by atomic mass is 32.2. The van der Waals surface area contributed by atoms with Crippen LogP contribution in [0.15, 0.2) is 0 Å². The predicted molar refractivity (Wildman–Crippen MR) is 78.8 cm³/mol. The van der Waals surface area contributed by atoms with Gasteiger partial charge < -0.3 is 5.32 Å². The van der Waals surface area contributed by atoms with E-state index in [2.05, 4.69) is 5.32 Å². The average Bonchev–Trinajstić information content (AvgIpc) is 3.18. The number of sulfonamides is 1. The molecule has 1 aliphatic carbocycles. The van der Waals surface area contributed by atoms with Crippen LogP contribution in [0.3, 0.4) is 0 Å². The second kappa shape index (κ2) is 6.29. The molecule has 0 unspecified atom stereocenters. The normalized spacial score (nSPS) is 23.1. The Morgan fingerprint density at radius 3 is 2.10 bits per heavy atom. The van der Waals surface area contributed by atoms with Gasteiger partial charge in [-0.3, -0.25) is 0 Å². The molecule has 8 heteroatoms. The Hall–Kier alpha value is -0.180. The van der Waals surface area contributed by atoms with Crippen LogP contribution in [0.4, 0.5) is 0 Å². The highest BCUT2D eigenvalue weighted by Crippen LogP contribution is 2.28. The van der Waals surface area contributed by atoms with Crippen LogP contribution in [0.5, 0.6) is 0 Å². The molecule has 1 saturated carbocycles. The summed E-state index contributed by atoms with van der Waals surface area (Å²) in [6, 6.07) is 0.400. The van der Waals surface area contributed by atoms with E-state index in [0.717, 1.165) is 31.6 Å². The summed E-state index contributed by atoms with van der Waals surface area (Å²) in [5, 5.41) is 3.49. The third kappa shape index (κ3) is 5.31. The number of nitrogens with one attached hydrogen (secondary N) is 1. The standard InChI is InChI=1S/C12H24N2O4S2/c1-19(15,16)8-9-20(17,18)14-6-4-12(5-7-14)13-10-11-2-3-11/h11-13H,2-10H2,1H3. The fourth-order valence-electron chi connectivity index (χ4n) is 2.38. The van der Waals surface area contributed by atoms with E-state index in [-0.39, 0.29) is 11.5 Å². The molecule has 0 radical (unpaired) electrons. The Morgan fingerprint density at radius 2 is 1.60 bits per heavy atom. The summed E-state index contributed by atoms with van der Waals surface area (Å²) in [7, 11) is -6.67. The first-order valence-corrected chi connectivity index (χ1v) is 10.8. The van der Waals surface area contributed by atoms with Crippen molar-refractivity contribution in [2.24, 2.45) is 5.92 Å². The van der Waals surface area contributed by atoms with Gasteiger partial charge in [0.1, 0.15) is 9.84 Å². The van der Waals surface area contributed by atoms with Crippen molar-refractivity contribution in [3.63, 3.8) is 0 Å². The van der Waals surface area contributed by atoms with Gasteiger partial charge in [-0.1, -0.05) is 0 Å². The molecule has 2 aliphatic rings. The van der Waals surface area contributed by atoms with Crippen LogP contribution < -0.4 is 5.32 Å². The van der Waals surface area contributed by atoms with Gasteiger partial charge in [0.15, 0.2) is 0 Å². The van der Waals surface area contributed by atoms with E-state index >= 15 is 0 Å². The summed E-state index contributed by atoms with van der Waals surface area (Å²) >= 11 is 0.